The topological polar surface area (TPSA) is 49.3 Å². The summed E-state index contributed by atoms with van der Waals surface area (Å²) in [5.74, 6) is 1.15. The number of hydrogen-bond donors (Lipinski definition) is 2. The minimum atomic E-state index is 0.121. The van der Waals surface area contributed by atoms with Crippen LogP contribution in [0.2, 0.25) is 0 Å². The molecule has 0 aromatic rings. The van der Waals surface area contributed by atoms with Crippen molar-refractivity contribution in [2.45, 2.75) is 64.8 Å². The van der Waals surface area contributed by atoms with Gasteiger partial charge in [-0.2, -0.15) is 0 Å². The largest absolute Gasteiger partial charge is 0.396 e. The molecule has 1 rings (SSSR count). The molecule has 0 aromatic carbocycles. The molecule has 17 heavy (non-hydrogen) atoms. The van der Waals surface area contributed by atoms with Gasteiger partial charge in [-0.05, 0) is 31.1 Å². The van der Waals surface area contributed by atoms with E-state index < -0.39 is 0 Å². The van der Waals surface area contributed by atoms with Gasteiger partial charge in [-0.1, -0.05) is 33.1 Å². The number of nitrogens with one attached hydrogen (secondary N) is 1. The maximum atomic E-state index is 11.9. The lowest BCUT2D eigenvalue weighted by Gasteiger charge is -2.25. The first-order valence-electron chi connectivity index (χ1n) is 7.03. The molecule has 0 spiro atoms. The van der Waals surface area contributed by atoms with Crippen molar-refractivity contribution in [1.29, 1.82) is 0 Å². The van der Waals surface area contributed by atoms with Gasteiger partial charge in [-0.15, -0.1) is 0 Å². The van der Waals surface area contributed by atoms with E-state index in [-0.39, 0.29) is 18.6 Å². The van der Waals surface area contributed by atoms with Crippen molar-refractivity contribution in [2.24, 2.45) is 11.8 Å². The Bertz CT molecular complexity index is 222. The fourth-order valence-electron chi connectivity index (χ4n) is 2.63. The summed E-state index contributed by atoms with van der Waals surface area (Å²) in [5, 5.41) is 12.0. The van der Waals surface area contributed by atoms with Gasteiger partial charge >= 0.3 is 0 Å². The molecule has 100 valence electrons. The summed E-state index contributed by atoms with van der Waals surface area (Å²) >= 11 is 0. The summed E-state index contributed by atoms with van der Waals surface area (Å²) in [5.41, 5.74) is 0. The molecule has 0 heterocycles. The Labute approximate surface area is 105 Å². The van der Waals surface area contributed by atoms with E-state index in [1.807, 2.05) is 0 Å². The van der Waals surface area contributed by atoms with Crippen LogP contribution in [0.25, 0.3) is 0 Å². The molecule has 0 aromatic heterocycles. The monoisotopic (exact) mass is 241 g/mol. The van der Waals surface area contributed by atoms with Gasteiger partial charge in [0, 0.05) is 19.1 Å². The van der Waals surface area contributed by atoms with Gasteiger partial charge < -0.3 is 10.4 Å². The third kappa shape index (κ3) is 5.53. The highest BCUT2D eigenvalue weighted by molar-refractivity contribution is 5.76. The normalized spacial score (nSPS) is 19.3. The summed E-state index contributed by atoms with van der Waals surface area (Å²) in [7, 11) is 0. The van der Waals surface area contributed by atoms with Crippen LogP contribution in [0.1, 0.15) is 58.8 Å². The fraction of sp³-hybridized carbons (Fsp3) is 0.929. The van der Waals surface area contributed by atoms with E-state index in [0.29, 0.717) is 24.7 Å². The second-order valence-electron chi connectivity index (χ2n) is 5.64. The summed E-state index contributed by atoms with van der Waals surface area (Å²) in [4.78, 5) is 11.9. The van der Waals surface area contributed by atoms with Gasteiger partial charge in [0.2, 0.25) is 5.91 Å². The molecule has 1 saturated carbocycles. The molecule has 3 heteroatoms. The predicted octanol–water partition coefficient (Wildman–Crippen LogP) is 2.48. The van der Waals surface area contributed by atoms with Crippen molar-refractivity contribution < 1.29 is 9.90 Å². The predicted molar refractivity (Wildman–Crippen MR) is 69.7 cm³/mol. The SMILES string of the molecule is CC(C)[C@H](CCO)NC(=O)CC1CCCCC1. The van der Waals surface area contributed by atoms with Crippen LogP contribution in [0.5, 0.6) is 0 Å². The quantitative estimate of drug-likeness (QED) is 0.750. The van der Waals surface area contributed by atoms with Gasteiger partial charge in [0.25, 0.3) is 0 Å². The number of carbonyl (C=O) groups is 1. The average Bonchev–Trinajstić information content (AvgIpc) is 2.29. The molecule has 0 bridgehead atoms. The van der Waals surface area contributed by atoms with Gasteiger partial charge in [0.1, 0.15) is 0 Å². The molecule has 0 aliphatic heterocycles. The highest BCUT2D eigenvalue weighted by Gasteiger charge is 2.20. The second kappa shape index (κ2) is 7.70. The zero-order chi connectivity index (χ0) is 12.7. The summed E-state index contributed by atoms with van der Waals surface area (Å²) < 4.78 is 0. The van der Waals surface area contributed by atoms with Gasteiger partial charge in [0.05, 0.1) is 0 Å². The molecule has 1 fully saturated rings. The summed E-state index contributed by atoms with van der Waals surface area (Å²) in [6, 6.07) is 0.121. The lowest BCUT2D eigenvalue weighted by Crippen LogP contribution is -2.40. The van der Waals surface area contributed by atoms with E-state index in [1.54, 1.807) is 0 Å². The number of rotatable bonds is 6. The molecule has 0 saturated heterocycles. The van der Waals surface area contributed by atoms with Crippen molar-refractivity contribution >= 4 is 5.91 Å². The van der Waals surface area contributed by atoms with Crippen LogP contribution in [0.15, 0.2) is 0 Å². The number of hydrogen-bond acceptors (Lipinski definition) is 2. The smallest absolute Gasteiger partial charge is 0.220 e. The van der Waals surface area contributed by atoms with Crippen molar-refractivity contribution in [3.63, 3.8) is 0 Å². The first-order chi connectivity index (χ1) is 8.13. The van der Waals surface area contributed by atoms with E-state index in [2.05, 4.69) is 19.2 Å². The van der Waals surface area contributed by atoms with E-state index >= 15 is 0 Å². The van der Waals surface area contributed by atoms with Crippen LogP contribution in [-0.2, 0) is 4.79 Å². The molecule has 1 aliphatic carbocycles. The van der Waals surface area contributed by atoms with E-state index in [1.165, 1.54) is 32.1 Å². The molecule has 0 unspecified atom stereocenters. The Hall–Kier alpha value is -0.570. The zero-order valence-electron chi connectivity index (χ0n) is 11.2. The lowest BCUT2D eigenvalue weighted by molar-refractivity contribution is -0.123. The van der Waals surface area contributed by atoms with Crippen LogP contribution in [0, 0.1) is 11.8 Å². The molecule has 3 nitrogen and oxygen atoms in total. The number of aliphatic hydroxyl groups excluding tert-OH is 1. The van der Waals surface area contributed by atoms with Crippen molar-refractivity contribution in [2.75, 3.05) is 6.61 Å². The summed E-state index contributed by atoms with van der Waals surface area (Å²) in [6.07, 6.45) is 7.64. The Morgan fingerprint density at radius 1 is 1.29 bits per heavy atom. The van der Waals surface area contributed by atoms with Crippen molar-refractivity contribution in [1.82, 2.24) is 5.32 Å². The van der Waals surface area contributed by atoms with Crippen molar-refractivity contribution in [3.05, 3.63) is 0 Å². The van der Waals surface area contributed by atoms with Gasteiger partial charge in [0.15, 0.2) is 0 Å². The molecule has 1 aliphatic rings. The number of aliphatic hydroxyl groups is 1. The Morgan fingerprint density at radius 3 is 2.47 bits per heavy atom. The lowest BCUT2D eigenvalue weighted by atomic mass is 9.86. The molecule has 1 amide bonds. The third-order valence-corrected chi connectivity index (χ3v) is 3.79. The van der Waals surface area contributed by atoms with E-state index in [9.17, 15) is 4.79 Å². The first-order valence-corrected chi connectivity index (χ1v) is 7.03. The van der Waals surface area contributed by atoms with Gasteiger partial charge in [-0.3, -0.25) is 4.79 Å². The maximum absolute atomic E-state index is 11.9. The summed E-state index contributed by atoms with van der Waals surface area (Å²) in [6.45, 7) is 4.31. The highest BCUT2D eigenvalue weighted by atomic mass is 16.3. The molecule has 2 N–H and O–H groups in total. The molecular formula is C14H27NO2. The zero-order valence-corrected chi connectivity index (χ0v) is 11.2. The Morgan fingerprint density at radius 2 is 1.94 bits per heavy atom. The number of amides is 1. The van der Waals surface area contributed by atoms with Crippen LogP contribution in [0.3, 0.4) is 0 Å². The first kappa shape index (κ1) is 14.5. The number of carbonyl (C=O) groups excluding carboxylic acids is 1. The molecular weight excluding hydrogens is 214 g/mol. The van der Waals surface area contributed by atoms with Gasteiger partial charge in [-0.25, -0.2) is 0 Å². The average molecular weight is 241 g/mol. The standard InChI is InChI=1S/C14H27NO2/c1-11(2)13(8-9-16)15-14(17)10-12-6-4-3-5-7-12/h11-13,16H,3-10H2,1-2H3,(H,15,17)/t13-/m0/s1. The Kier molecular flexibility index (Phi) is 6.56. The third-order valence-electron chi connectivity index (χ3n) is 3.79. The van der Waals surface area contributed by atoms with Crippen molar-refractivity contribution in [3.8, 4) is 0 Å². The van der Waals surface area contributed by atoms with Crippen LogP contribution < -0.4 is 5.32 Å². The maximum Gasteiger partial charge on any atom is 0.220 e. The van der Waals surface area contributed by atoms with E-state index in [4.69, 9.17) is 5.11 Å². The Balaban J connectivity index is 2.30. The molecule has 1 atom stereocenters. The van der Waals surface area contributed by atoms with Crippen LogP contribution in [0.4, 0.5) is 0 Å². The highest BCUT2D eigenvalue weighted by Crippen LogP contribution is 2.26. The fourth-order valence-corrected chi connectivity index (χ4v) is 2.63. The van der Waals surface area contributed by atoms with Crippen LogP contribution >= 0.6 is 0 Å². The minimum Gasteiger partial charge on any atom is -0.396 e. The van der Waals surface area contributed by atoms with Crippen LogP contribution in [-0.4, -0.2) is 23.7 Å². The second-order valence-corrected chi connectivity index (χ2v) is 5.64. The van der Waals surface area contributed by atoms with E-state index in [0.717, 1.165) is 0 Å². The minimum absolute atomic E-state index is 0.121. The molecule has 0 radical (unpaired) electrons.